The fourth-order valence-corrected chi connectivity index (χ4v) is 3.08. The van der Waals surface area contributed by atoms with Gasteiger partial charge in [0.25, 0.3) is 0 Å². The van der Waals surface area contributed by atoms with Gasteiger partial charge in [0.05, 0.1) is 10.6 Å². The molecule has 0 saturated heterocycles. The fraction of sp³-hybridized carbons (Fsp3) is 0.0909. The van der Waals surface area contributed by atoms with Gasteiger partial charge in [0.15, 0.2) is 5.84 Å². The number of hydrogen-bond donors (Lipinski definition) is 2. The predicted octanol–water partition coefficient (Wildman–Crippen LogP) is 4.94. The number of nitrogens with zero attached hydrogens (tertiary/aromatic N) is 1. The van der Waals surface area contributed by atoms with E-state index in [1.54, 1.807) is 60.7 Å². The van der Waals surface area contributed by atoms with Crippen LogP contribution in [0, 0.1) is 6.92 Å². The maximum atomic E-state index is 12.2. The molecule has 0 heterocycles. The van der Waals surface area contributed by atoms with Crippen LogP contribution in [0.2, 0.25) is 10.0 Å². The Kier molecular flexibility index (Phi) is 6.82. The van der Waals surface area contributed by atoms with Gasteiger partial charge in [-0.2, -0.15) is 0 Å². The average molecular weight is 444 g/mol. The lowest BCUT2D eigenvalue weighted by Gasteiger charge is -2.09. The summed E-state index contributed by atoms with van der Waals surface area (Å²) in [5.74, 6) is -0.0445. The average Bonchev–Trinajstić information content (AvgIpc) is 2.73. The van der Waals surface area contributed by atoms with Crippen LogP contribution in [-0.4, -0.2) is 11.8 Å². The number of halogens is 2. The number of nitrogen functional groups attached to an aromatic ring is 1. The third-order valence-corrected chi connectivity index (χ3v) is 4.89. The Balaban J connectivity index is 1.61. The number of anilines is 1. The van der Waals surface area contributed by atoms with Gasteiger partial charge >= 0.3 is 5.97 Å². The molecule has 3 rings (SSSR count). The van der Waals surface area contributed by atoms with Crippen LogP contribution in [0.4, 0.5) is 5.69 Å². The van der Waals surface area contributed by atoms with Crippen molar-refractivity contribution in [2.75, 3.05) is 5.73 Å². The summed E-state index contributed by atoms with van der Waals surface area (Å²) in [4.78, 5) is 17.2. The molecule has 0 bridgehead atoms. The quantitative estimate of drug-likeness (QED) is 0.184. The zero-order valence-electron chi connectivity index (χ0n) is 16.1. The Morgan fingerprint density at radius 1 is 1.07 bits per heavy atom. The Morgan fingerprint density at radius 2 is 1.80 bits per heavy atom. The number of nitrogens with two attached hydrogens (primary N) is 2. The van der Waals surface area contributed by atoms with Crippen molar-refractivity contribution < 1.29 is 14.4 Å². The van der Waals surface area contributed by atoms with E-state index < -0.39 is 5.97 Å². The van der Waals surface area contributed by atoms with Gasteiger partial charge < -0.3 is 21.0 Å². The van der Waals surface area contributed by atoms with Crippen molar-refractivity contribution >= 4 is 40.7 Å². The second-order valence-electron chi connectivity index (χ2n) is 6.44. The summed E-state index contributed by atoms with van der Waals surface area (Å²) in [6, 6.07) is 17.0. The first-order chi connectivity index (χ1) is 14.3. The first-order valence-electron chi connectivity index (χ1n) is 8.92. The molecule has 0 radical (unpaired) electrons. The summed E-state index contributed by atoms with van der Waals surface area (Å²) < 4.78 is 5.67. The van der Waals surface area contributed by atoms with Gasteiger partial charge in [0.1, 0.15) is 12.4 Å². The minimum atomic E-state index is -0.632. The summed E-state index contributed by atoms with van der Waals surface area (Å²) in [5, 5.41) is 4.68. The number of carbonyl (C=O) groups excluding carboxylic acids is 1. The van der Waals surface area contributed by atoms with Crippen molar-refractivity contribution in [2.45, 2.75) is 13.5 Å². The smallest absolute Gasteiger partial charge is 0.365 e. The maximum absolute atomic E-state index is 12.2. The molecular formula is C22H19Cl2N3O3. The lowest BCUT2D eigenvalue weighted by Crippen LogP contribution is -2.17. The molecule has 0 aromatic heterocycles. The molecule has 154 valence electrons. The Bertz CT molecular complexity index is 1100. The Morgan fingerprint density at radius 3 is 2.50 bits per heavy atom. The summed E-state index contributed by atoms with van der Waals surface area (Å²) in [6.07, 6.45) is 0. The first kappa shape index (κ1) is 21.5. The number of hydrogen-bond acceptors (Lipinski definition) is 5. The van der Waals surface area contributed by atoms with E-state index in [0.29, 0.717) is 32.6 Å². The van der Waals surface area contributed by atoms with Gasteiger partial charge in [-0.3, -0.25) is 0 Å². The lowest BCUT2D eigenvalue weighted by atomic mass is 10.1. The van der Waals surface area contributed by atoms with Crippen LogP contribution in [0.1, 0.15) is 27.0 Å². The van der Waals surface area contributed by atoms with E-state index in [1.807, 2.05) is 6.92 Å². The van der Waals surface area contributed by atoms with Crippen LogP contribution >= 0.6 is 23.2 Å². The number of carbonyl (C=O) groups is 1. The fourth-order valence-electron chi connectivity index (χ4n) is 2.61. The molecule has 8 heteroatoms. The highest BCUT2D eigenvalue weighted by molar-refractivity contribution is 6.35. The van der Waals surface area contributed by atoms with Crippen LogP contribution in [0.3, 0.4) is 0 Å². The summed E-state index contributed by atoms with van der Waals surface area (Å²) >= 11 is 12.0. The van der Waals surface area contributed by atoms with Crippen LogP contribution < -0.4 is 16.2 Å². The van der Waals surface area contributed by atoms with Gasteiger partial charge in [-0.1, -0.05) is 52.6 Å². The molecule has 0 amide bonds. The highest BCUT2D eigenvalue weighted by Gasteiger charge is 2.10. The van der Waals surface area contributed by atoms with Gasteiger partial charge in [-0.05, 0) is 54.4 Å². The Hall–Kier alpha value is -3.22. The van der Waals surface area contributed by atoms with Crippen molar-refractivity contribution in [2.24, 2.45) is 10.9 Å². The van der Waals surface area contributed by atoms with Crippen molar-refractivity contribution in [1.82, 2.24) is 0 Å². The molecule has 0 unspecified atom stereocenters. The van der Waals surface area contributed by atoms with E-state index in [-0.39, 0.29) is 12.4 Å². The molecule has 0 spiro atoms. The zero-order chi connectivity index (χ0) is 21.7. The molecule has 6 nitrogen and oxygen atoms in total. The predicted molar refractivity (Wildman–Crippen MR) is 119 cm³/mol. The zero-order valence-corrected chi connectivity index (χ0v) is 17.6. The number of benzene rings is 3. The summed E-state index contributed by atoms with van der Waals surface area (Å²) in [7, 11) is 0. The van der Waals surface area contributed by atoms with E-state index in [4.69, 9.17) is 44.2 Å². The van der Waals surface area contributed by atoms with Gasteiger partial charge in [-0.15, -0.1) is 0 Å². The van der Waals surface area contributed by atoms with Gasteiger partial charge in [-0.25, -0.2) is 4.79 Å². The van der Waals surface area contributed by atoms with Crippen LogP contribution in [0.5, 0.6) is 5.75 Å². The van der Waals surface area contributed by atoms with Crippen molar-refractivity contribution in [3.8, 4) is 5.75 Å². The highest BCUT2D eigenvalue weighted by Crippen LogP contribution is 2.28. The van der Waals surface area contributed by atoms with E-state index in [0.717, 1.165) is 11.1 Å². The topological polar surface area (TPSA) is 99.9 Å². The number of oxime groups is 1. The molecular weight excluding hydrogens is 425 g/mol. The number of rotatable bonds is 6. The summed E-state index contributed by atoms with van der Waals surface area (Å²) in [5.41, 5.74) is 14.9. The minimum absolute atomic E-state index is 0.0676. The largest absolute Gasteiger partial charge is 0.487 e. The van der Waals surface area contributed by atoms with Crippen molar-refractivity contribution in [3.05, 3.63) is 93.0 Å². The third kappa shape index (κ3) is 5.23. The summed E-state index contributed by atoms with van der Waals surface area (Å²) in [6.45, 7) is 2.09. The van der Waals surface area contributed by atoms with Crippen LogP contribution in [0.25, 0.3) is 0 Å². The highest BCUT2D eigenvalue weighted by atomic mass is 35.5. The molecule has 3 aromatic carbocycles. The standard InChI is InChI=1S/C22H19Cl2N3O3/c1-13-17(3-2-4-19(13)25)21(26)27-30-22(28)15-7-5-14(6-8-15)12-29-20-10-9-16(23)11-18(20)24/h2-11H,12,25H2,1H3,(H2,26,27). The van der Waals surface area contributed by atoms with Crippen LogP contribution in [0.15, 0.2) is 65.8 Å². The van der Waals surface area contributed by atoms with E-state index in [2.05, 4.69) is 5.16 Å². The Labute approximate surface area is 184 Å². The van der Waals surface area contributed by atoms with E-state index in [1.165, 1.54) is 0 Å². The molecule has 0 aliphatic rings. The van der Waals surface area contributed by atoms with Crippen molar-refractivity contribution in [3.63, 3.8) is 0 Å². The number of amidine groups is 1. The van der Waals surface area contributed by atoms with E-state index in [9.17, 15) is 4.79 Å². The molecule has 4 N–H and O–H groups in total. The SMILES string of the molecule is Cc1c(N)cccc1/C(N)=N/OC(=O)c1ccc(COc2ccc(Cl)cc2Cl)cc1. The van der Waals surface area contributed by atoms with Gasteiger partial charge in [0.2, 0.25) is 0 Å². The third-order valence-electron chi connectivity index (χ3n) is 4.36. The molecule has 30 heavy (non-hydrogen) atoms. The molecule has 0 aliphatic heterocycles. The number of ether oxygens (including phenoxy) is 1. The molecule has 0 aliphatic carbocycles. The maximum Gasteiger partial charge on any atom is 0.365 e. The second-order valence-corrected chi connectivity index (χ2v) is 7.28. The molecule has 3 aromatic rings. The first-order valence-corrected chi connectivity index (χ1v) is 9.68. The van der Waals surface area contributed by atoms with Crippen LogP contribution in [-0.2, 0) is 11.4 Å². The second kappa shape index (κ2) is 9.52. The van der Waals surface area contributed by atoms with E-state index >= 15 is 0 Å². The normalized spacial score (nSPS) is 11.2. The minimum Gasteiger partial charge on any atom is -0.487 e. The lowest BCUT2D eigenvalue weighted by molar-refractivity contribution is 0.0516. The monoisotopic (exact) mass is 443 g/mol. The molecule has 0 fully saturated rings. The van der Waals surface area contributed by atoms with Crippen molar-refractivity contribution in [1.29, 1.82) is 0 Å². The molecule has 0 atom stereocenters. The molecule has 0 saturated carbocycles. The van der Waals surface area contributed by atoms with Gasteiger partial charge in [0, 0.05) is 16.3 Å².